The van der Waals surface area contributed by atoms with Crippen molar-refractivity contribution >= 4 is 11.8 Å². The summed E-state index contributed by atoms with van der Waals surface area (Å²) in [6.45, 7) is 8.77. The van der Waals surface area contributed by atoms with Crippen LogP contribution in [0.4, 0.5) is 0 Å². The summed E-state index contributed by atoms with van der Waals surface area (Å²) in [4.78, 5) is 26.1. The third kappa shape index (κ3) is 3.10. The van der Waals surface area contributed by atoms with Gasteiger partial charge in [-0.05, 0) is 37.0 Å². The first-order valence-corrected chi connectivity index (χ1v) is 7.40. The molecule has 1 saturated carbocycles. The van der Waals surface area contributed by atoms with Gasteiger partial charge in [-0.3, -0.25) is 9.59 Å². The predicted molar refractivity (Wildman–Crippen MR) is 74.5 cm³/mol. The molecule has 2 aliphatic rings. The number of amides is 2. The van der Waals surface area contributed by atoms with Gasteiger partial charge in [0.25, 0.3) is 0 Å². The van der Waals surface area contributed by atoms with Gasteiger partial charge in [-0.1, -0.05) is 27.7 Å². The molecule has 0 spiro atoms. The second kappa shape index (κ2) is 5.14. The van der Waals surface area contributed by atoms with Crippen LogP contribution in [0.3, 0.4) is 0 Å². The molecule has 4 heteroatoms. The highest BCUT2D eigenvalue weighted by molar-refractivity contribution is 5.95. The van der Waals surface area contributed by atoms with Gasteiger partial charge in [0.1, 0.15) is 6.04 Å². The molecule has 1 atom stereocenters. The Morgan fingerprint density at radius 3 is 2.32 bits per heavy atom. The Morgan fingerprint density at radius 1 is 1.21 bits per heavy atom. The summed E-state index contributed by atoms with van der Waals surface area (Å²) >= 11 is 0. The number of nitrogens with one attached hydrogen (secondary N) is 1. The van der Waals surface area contributed by atoms with Gasteiger partial charge in [-0.2, -0.15) is 0 Å². The summed E-state index contributed by atoms with van der Waals surface area (Å²) < 4.78 is 0. The zero-order valence-corrected chi connectivity index (χ0v) is 12.5. The zero-order chi connectivity index (χ0) is 14.2. The molecule has 1 heterocycles. The fraction of sp³-hybridized carbons (Fsp3) is 0.867. The Balaban J connectivity index is 2.07. The number of rotatable bonds is 2. The zero-order valence-electron chi connectivity index (χ0n) is 12.5. The second-order valence-corrected chi connectivity index (χ2v) is 7.15. The molecular formula is C15H26N2O2. The number of hydrogen-bond donors (Lipinski definition) is 1. The summed E-state index contributed by atoms with van der Waals surface area (Å²) in [5, 5.41) is 2.82. The molecule has 2 rings (SSSR count). The highest BCUT2D eigenvalue weighted by atomic mass is 16.2. The monoisotopic (exact) mass is 266 g/mol. The number of piperazine rings is 1. The smallest absolute Gasteiger partial charge is 0.246 e. The Labute approximate surface area is 115 Å². The quantitative estimate of drug-likeness (QED) is 0.830. The maximum absolute atomic E-state index is 12.5. The third-order valence-electron chi connectivity index (χ3n) is 4.60. The van der Waals surface area contributed by atoms with Crippen LogP contribution in [-0.4, -0.2) is 35.3 Å². The van der Waals surface area contributed by atoms with E-state index in [-0.39, 0.29) is 36.4 Å². The number of nitrogens with zero attached hydrogens (tertiary/aromatic N) is 1. The summed E-state index contributed by atoms with van der Waals surface area (Å²) in [6, 6.07) is -0.0796. The van der Waals surface area contributed by atoms with Crippen molar-refractivity contribution in [2.24, 2.45) is 11.3 Å². The van der Waals surface area contributed by atoms with Crippen LogP contribution in [0, 0.1) is 11.3 Å². The molecule has 4 nitrogen and oxygen atoms in total. The van der Waals surface area contributed by atoms with E-state index in [9.17, 15) is 9.59 Å². The molecule has 2 amide bonds. The molecule has 0 aromatic heterocycles. The van der Waals surface area contributed by atoms with Crippen molar-refractivity contribution in [3.05, 3.63) is 0 Å². The van der Waals surface area contributed by atoms with Crippen LogP contribution in [0.15, 0.2) is 0 Å². The van der Waals surface area contributed by atoms with Crippen molar-refractivity contribution in [2.45, 2.75) is 65.5 Å². The standard InChI is InChI=1S/C15H26N2O2/c1-10(2)13-14(19)17(9-12(18)16-13)11-5-7-15(3,4)8-6-11/h10-11,13H,5-9H2,1-4H3,(H,16,18). The van der Waals surface area contributed by atoms with Gasteiger partial charge in [0.05, 0.1) is 6.54 Å². The van der Waals surface area contributed by atoms with Gasteiger partial charge in [-0.15, -0.1) is 0 Å². The van der Waals surface area contributed by atoms with E-state index in [1.165, 1.54) is 0 Å². The molecular weight excluding hydrogens is 240 g/mol. The lowest BCUT2D eigenvalue weighted by Crippen LogP contribution is -2.62. The highest BCUT2D eigenvalue weighted by Crippen LogP contribution is 2.37. The van der Waals surface area contributed by atoms with Crippen LogP contribution < -0.4 is 5.32 Å². The molecule has 0 aromatic rings. The molecule has 1 aliphatic carbocycles. The first kappa shape index (κ1) is 14.4. The minimum Gasteiger partial charge on any atom is -0.343 e. The van der Waals surface area contributed by atoms with Crippen LogP contribution in [0.5, 0.6) is 0 Å². The molecule has 1 N–H and O–H groups in total. The van der Waals surface area contributed by atoms with Crippen molar-refractivity contribution < 1.29 is 9.59 Å². The maximum Gasteiger partial charge on any atom is 0.246 e. The van der Waals surface area contributed by atoms with E-state index in [0.29, 0.717) is 5.41 Å². The third-order valence-corrected chi connectivity index (χ3v) is 4.60. The lowest BCUT2D eigenvalue weighted by atomic mass is 9.75. The van der Waals surface area contributed by atoms with E-state index < -0.39 is 0 Å². The minimum atomic E-state index is -0.337. The predicted octanol–water partition coefficient (Wildman–Crippen LogP) is 1.94. The Hall–Kier alpha value is -1.06. The molecule has 2 fully saturated rings. The molecule has 108 valence electrons. The lowest BCUT2D eigenvalue weighted by Gasteiger charge is -2.43. The van der Waals surface area contributed by atoms with Gasteiger partial charge in [0, 0.05) is 6.04 Å². The highest BCUT2D eigenvalue weighted by Gasteiger charge is 2.40. The van der Waals surface area contributed by atoms with E-state index in [2.05, 4.69) is 19.2 Å². The SMILES string of the molecule is CC(C)C1NC(=O)CN(C2CCC(C)(C)CC2)C1=O. The fourth-order valence-corrected chi connectivity index (χ4v) is 3.15. The lowest BCUT2D eigenvalue weighted by molar-refractivity contribution is -0.149. The van der Waals surface area contributed by atoms with Crippen LogP contribution in [0.25, 0.3) is 0 Å². The Bertz CT molecular complexity index is 366. The van der Waals surface area contributed by atoms with Gasteiger partial charge in [0.2, 0.25) is 11.8 Å². The van der Waals surface area contributed by atoms with E-state index in [0.717, 1.165) is 25.7 Å². The van der Waals surface area contributed by atoms with Crippen molar-refractivity contribution in [1.82, 2.24) is 10.2 Å². The topological polar surface area (TPSA) is 49.4 Å². The van der Waals surface area contributed by atoms with Crippen LogP contribution >= 0.6 is 0 Å². The Morgan fingerprint density at radius 2 is 1.79 bits per heavy atom. The molecule has 1 aliphatic heterocycles. The van der Waals surface area contributed by atoms with Crippen molar-refractivity contribution in [3.63, 3.8) is 0 Å². The van der Waals surface area contributed by atoms with Gasteiger partial charge < -0.3 is 10.2 Å². The van der Waals surface area contributed by atoms with Crippen molar-refractivity contribution in [2.75, 3.05) is 6.54 Å². The summed E-state index contributed by atoms with van der Waals surface area (Å²) in [5.74, 6) is 0.252. The average molecular weight is 266 g/mol. The first-order valence-electron chi connectivity index (χ1n) is 7.40. The molecule has 0 radical (unpaired) electrons. The fourth-order valence-electron chi connectivity index (χ4n) is 3.15. The maximum atomic E-state index is 12.5. The first-order chi connectivity index (χ1) is 8.80. The van der Waals surface area contributed by atoms with Gasteiger partial charge >= 0.3 is 0 Å². The molecule has 19 heavy (non-hydrogen) atoms. The molecule has 0 aromatic carbocycles. The largest absolute Gasteiger partial charge is 0.343 e. The summed E-state index contributed by atoms with van der Waals surface area (Å²) in [7, 11) is 0. The molecule has 1 unspecified atom stereocenters. The van der Waals surface area contributed by atoms with Crippen molar-refractivity contribution in [1.29, 1.82) is 0 Å². The van der Waals surface area contributed by atoms with Crippen LogP contribution in [-0.2, 0) is 9.59 Å². The Kier molecular flexibility index (Phi) is 3.88. The normalized spacial score (nSPS) is 28.7. The average Bonchev–Trinajstić information content (AvgIpc) is 2.32. The van der Waals surface area contributed by atoms with Crippen molar-refractivity contribution in [3.8, 4) is 0 Å². The van der Waals surface area contributed by atoms with E-state index >= 15 is 0 Å². The van der Waals surface area contributed by atoms with Crippen LogP contribution in [0.1, 0.15) is 53.4 Å². The van der Waals surface area contributed by atoms with Crippen LogP contribution in [0.2, 0.25) is 0 Å². The summed E-state index contributed by atoms with van der Waals surface area (Å²) in [5.41, 5.74) is 0.384. The molecule has 1 saturated heterocycles. The molecule has 0 bridgehead atoms. The number of hydrogen-bond acceptors (Lipinski definition) is 2. The van der Waals surface area contributed by atoms with Gasteiger partial charge in [0.15, 0.2) is 0 Å². The summed E-state index contributed by atoms with van der Waals surface area (Å²) in [6.07, 6.45) is 4.32. The van der Waals surface area contributed by atoms with E-state index in [1.54, 1.807) is 0 Å². The van der Waals surface area contributed by atoms with Gasteiger partial charge in [-0.25, -0.2) is 0 Å². The minimum absolute atomic E-state index is 0.0110. The number of carbonyl (C=O) groups is 2. The second-order valence-electron chi connectivity index (χ2n) is 7.15. The van der Waals surface area contributed by atoms with E-state index in [4.69, 9.17) is 0 Å². The number of carbonyl (C=O) groups excluding carboxylic acids is 2. The van der Waals surface area contributed by atoms with E-state index in [1.807, 2.05) is 18.7 Å².